The predicted molar refractivity (Wildman–Crippen MR) is 66.3 cm³/mol. The van der Waals surface area contributed by atoms with Gasteiger partial charge in [-0.05, 0) is 12.5 Å². The molecule has 0 bridgehead atoms. The number of nitrogens with zero attached hydrogens (tertiary/aromatic N) is 1. The number of aryl methyl sites for hydroxylation is 1. The van der Waals surface area contributed by atoms with E-state index < -0.39 is 0 Å². The Morgan fingerprint density at radius 2 is 1.88 bits per heavy atom. The molecule has 3 nitrogen and oxygen atoms in total. The van der Waals surface area contributed by atoms with Gasteiger partial charge in [-0.2, -0.15) is 0 Å². The van der Waals surface area contributed by atoms with Crippen molar-refractivity contribution < 1.29 is 9.47 Å². The van der Waals surface area contributed by atoms with Crippen LogP contribution in [0.25, 0.3) is 0 Å². The number of methoxy groups -OCH3 is 1. The number of ether oxygens (including phenoxy) is 2. The van der Waals surface area contributed by atoms with Gasteiger partial charge in [-0.1, -0.05) is 30.3 Å². The van der Waals surface area contributed by atoms with E-state index in [4.69, 9.17) is 9.47 Å². The minimum Gasteiger partial charge on any atom is -0.491 e. The maximum Gasteiger partial charge on any atom is 0.182 e. The lowest BCUT2D eigenvalue weighted by Gasteiger charge is -2.11. The van der Waals surface area contributed by atoms with Crippen LogP contribution in [-0.2, 0) is 6.61 Å². The zero-order valence-electron chi connectivity index (χ0n) is 10.0. The highest BCUT2D eigenvalue weighted by molar-refractivity contribution is 5.42. The minimum atomic E-state index is 0.528. The van der Waals surface area contributed by atoms with E-state index in [1.54, 1.807) is 13.3 Å². The Hall–Kier alpha value is -2.03. The lowest BCUT2D eigenvalue weighted by Crippen LogP contribution is -1.99. The Kier molecular flexibility index (Phi) is 3.60. The number of aromatic nitrogens is 1. The summed E-state index contributed by atoms with van der Waals surface area (Å²) in [4.78, 5) is 4.16. The van der Waals surface area contributed by atoms with E-state index in [1.807, 2.05) is 43.3 Å². The molecule has 0 spiro atoms. The zero-order chi connectivity index (χ0) is 12.1. The number of benzene rings is 1. The van der Waals surface area contributed by atoms with Crippen molar-refractivity contribution in [2.75, 3.05) is 7.11 Å². The number of hydrogen-bond acceptors (Lipinski definition) is 3. The molecule has 88 valence electrons. The van der Waals surface area contributed by atoms with E-state index in [9.17, 15) is 0 Å². The summed E-state index contributed by atoms with van der Waals surface area (Å²) in [6.45, 7) is 2.43. The Labute approximate surface area is 101 Å². The highest BCUT2D eigenvalue weighted by Crippen LogP contribution is 2.29. The van der Waals surface area contributed by atoms with Crippen molar-refractivity contribution in [1.29, 1.82) is 0 Å². The number of rotatable bonds is 4. The molecule has 0 aliphatic rings. The molecule has 0 saturated heterocycles. The summed E-state index contributed by atoms with van der Waals surface area (Å²) >= 11 is 0. The standard InChI is InChI=1S/C14H15NO2/c1-11-14(16-2)13(8-9-15-11)17-10-12-6-4-3-5-7-12/h3-9H,10H2,1-2H3. The Morgan fingerprint density at radius 1 is 1.12 bits per heavy atom. The fraction of sp³-hybridized carbons (Fsp3) is 0.214. The monoisotopic (exact) mass is 229 g/mol. The van der Waals surface area contributed by atoms with Gasteiger partial charge in [0.2, 0.25) is 0 Å². The van der Waals surface area contributed by atoms with Crippen LogP contribution in [0.3, 0.4) is 0 Å². The summed E-state index contributed by atoms with van der Waals surface area (Å²) < 4.78 is 11.0. The van der Waals surface area contributed by atoms with Crippen molar-refractivity contribution in [3.63, 3.8) is 0 Å². The maximum absolute atomic E-state index is 5.73. The normalized spacial score (nSPS) is 10.0. The molecule has 0 radical (unpaired) electrons. The summed E-state index contributed by atoms with van der Waals surface area (Å²) in [6, 6.07) is 11.8. The molecule has 0 N–H and O–H groups in total. The second-order valence-electron chi connectivity index (χ2n) is 3.70. The summed E-state index contributed by atoms with van der Waals surface area (Å²) in [5, 5.41) is 0. The van der Waals surface area contributed by atoms with Crippen LogP contribution in [0.4, 0.5) is 0 Å². The lowest BCUT2D eigenvalue weighted by atomic mass is 10.2. The van der Waals surface area contributed by atoms with Gasteiger partial charge in [0.25, 0.3) is 0 Å². The van der Waals surface area contributed by atoms with Crippen LogP contribution < -0.4 is 9.47 Å². The second kappa shape index (κ2) is 5.34. The van der Waals surface area contributed by atoms with Crippen molar-refractivity contribution in [3.05, 3.63) is 53.9 Å². The largest absolute Gasteiger partial charge is 0.491 e. The van der Waals surface area contributed by atoms with Crippen molar-refractivity contribution >= 4 is 0 Å². The molecule has 17 heavy (non-hydrogen) atoms. The van der Waals surface area contributed by atoms with E-state index >= 15 is 0 Å². The van der Waals surface area contributed by atoms with Gasteiger partial charge < -0.3 is 9.47 Å². The van der Waals surface area contributed by atoms with E-state index in [1.165, 1.54) is 0 Å². The molecular weight excluding hydrogens is 214 g/mol. The van der Waals surface area contributed by atoms with Crippen molar-refractivity contribution in [1.82, 2.24) is 4.98 Å². The fourth-order valence-electron chi connectivity index (χ4n) is 1.63. The Bertz CT molecular complexity index is 483. The molecule has 3 heteroatoms. The smallest absolute Gasteiger partial charge is 0.182 e. The topological polar surface area (TPSA) is 31.4 Å². The first-order valence-electron chi connectivity index (χ1n) is 5.47. The minimum absolute atomic E-state index is 0.528. The third kappa shape index (κ3) is 2.75. The average Bonchev–Trinajstić information content (AvgIpc) is 2.37. The van der Waals surface area contributed by atoms with Gasteiger partial charge in [0.1, 0.15) is 6.61 Å². The van der Waals surface area contributed by atoms with Crippen LogP contribution in [0.1, 0.15) is 11.3 Å². The van der Waals surface area contributed by atoms with Crippen LogP contribution in [0.5, 0.6) is 11.5 Å². The predicted octanol–water partition coefficient (Wildman–Crippen LogP) is 2.98. The van der Waals surface area contributed by atoms with Crippen LogP contribution >= 0.6 is 0 Å². The highest BCUT2D eigenvalue weighted by atomic mass is 16.5. The van der Waals surface area contributed by atoms with Crippen LogP contribution in [0.2, 0.25) is 0 Å². The van der Waals surface area contributed by atoms with Crippen molar-refractivity contribution in [3.8, 4) is 11.5 Å². The van der Waals surface area contributed by atoms with Gasteiger partial charge in [0.15, 0.2) is 11.5 Å². The molecule has 0 atom stereocenters. The fourth-order valence-corrected chi connectivity index (χ4v) is 1.63. The summed E-state index contributed by atoms with van der Waals surface area (Å²) in [5.41, 5.74) is 1.96. The third-order valence-corrected chi connectivity index (χ3v) is 2.49. The molecule has 0 amide bonds. The summed E-state index contributed by atoms with van der Waals surface area (Å²) in [7, 11) is 1.62. The van der Waals surface area contributed by atoms with Crippen LogP contribution in [0, 0.1) is 6.92 Å². The lowest BCUT2D eigenvalue weighted by molar-refractivity contribution is 0.282. The molecule has 0 aliphatic heterocycles. The molecule has 0 unspecified atom stereocenters. The third-order valence-electron chi connectivity index (χ3n) is 2.49. The Balaban J connectivity index is 2.12. The SMILES string of the molecule is COc1c(OCc2ccccc2)ccnc1C. The van der Waals surface area contributed by atoms with Crippen molar-refractivity contribution in [2.45, 2.75) is 13.5 Å². The first-order chi connectivity index (χ1) is 8.31. The number of hydrogen-bond donors (Lipinski definition) is 0. The van der Waals surface area contributed by atoms with Crippen LogP contribution in [0.15, 0.2) is 42.6 Å². The van der Waals surface area contributed by atoms with Gasteiger partial charge in [-0.3, -0.25) is 4.98 Å². The van der Waals surface area contributed by atoms with Gasteiger partial charge >= 0.3 is 0 Å². The summed E-state index contributed by atoms with van der Waals surface area (Å²) in [6.07, 6.45) is 1.72. The van der Waals surface area contributed by atoms with E-state index in [2.05, 4.69) is 4.98 Å². The average molecular weight is 229 g/mol. The Morgan fingerprint density at radius 3 is 2.59 bits per heavy atom. The molecule has 0 aliphatic carbocycles. The quantitative estimate of drug-likeness (QED) is 0.807. The van der Waals surface area contributed by atoms with Crippen molar-refractivity contribution in [2.24, 2.45) is 0 Å². The molecule has 0 fully saturated rings. The first-order valence-corrected chi connectivity index (χ1v) is 5.47. The van der Waals surface area contributed by atoms with Gasteiger partial charge in [0.05, 0.1) is 12.8 Å². The van der Waals surface area contributed by atoms with E-state index in [0.717, 1.165) is 17.0 Å². The zero-order valence-corrected chi connectivity index (χ0v) is 10.0. The maximum atomic E-state index is 5.73. The first kappa shape index (κ1) is 11.5. The van der Waals surface area contributed by atoms with E-state index in [-0.39, 0.29) is 0 Å². The molecule has 1 aromatic carbocycles. The van der Waals surface area contributed by atoms with Gasteiger partial charge in [-0.25, -0.2) is 0 Å². The molecule has 1 heterocycles. The molecule has 2 rings (SSSR count). The molecule has 2 aromatic rings. The molecule has 1 aromatic heterocycles. The summed E-state index contributed by atoms with van der Waals surface area (Å²) in [5.74, 6) is 1.42. The van der Waals surface area contributed by atoms with E-state index in [0.29, 0.717) is 12.4 Å². The van der Waals surface area contributed by atoms with Crippen LogP contribution in [-0.4, -0.2) is 12.1 Å². The molecular formula is C14H15NO2. The van der Waals surface area contributed by atoms with Gasteiger partial charge in [-0.15, -0.1) is 0 Å². The second-order valence-corrected chi connectivity index (χ2v) is 3.70. The van der Waals surface area contributed by atoms with Gasteiger partial charge in [0, 0.05) is 12.3 Å². The molecule has 0 saturated carbocycles. The highest BCUT2D eigenvalue weighted by Gasteiger charge is 2.07. The number of pyridine rings is 1.